The highest BCUT2D eigenvalue weighted by Gasteiger charge is 2.53. The van der Waals surface area contributed by atoms with Gasteiger partial charge in [0.2, 0.25) is 5.13 Å². The molecule has 6 rings (SSSR count). The van der Waals surface area contributed by atoms with Gasteiger partial charge in [-0.3, -0.25) is 9.48 Å². The van der Waals surface area contributed by atoms with Crippen molar-refractivity contribution in [1.82, 2.24) is 39.6 Å². The third-order valence-corrected chi connectivity index (χ3v) is 16.1. The van der Waals surface area contributed by atoms with Gasteiger partial charge in [0.15, 0.2) is 12.6 Å². The van der Waals surface area contributed by atoms with E-state index in [2.05, 4.69) is 35.3 Å². The van der Waals surface area contributed by atoms with Crippen molar-refractivity contribution in [3.05, 3.63) is 36.2 Å². The highest BCUT2D eigenvalue weighted by Crippen LogP contribution is 2.40. The zero-order valence-electron chi connectivity index (χ0n) is 45.6. The van der Waals surface area contributed by atoms with E-state index in [-0.39, 0.29) is 31.3 Å². The predicted octanol–water partition coefficient (Wildman–Crippen LogP) is 3.56. The van der Waals surface area contributed by atoms with Crippen LogP contribution < -0.4 is 10.1 Å². The lowest BCUT2D eigenvalue weighted by molar-refractivity contribution is -0.318. The van der Waals surface area contributed by atoms with E-state index in [9.17, 15) is 30.3 Å². The Balaban J connectivity index is 1.18. The second-order valence-corrected chi connectivity index (χ2v) is 22.7. The highest BCUT2D eigenvalue weighted by molar-refractivity contribution is 7.09. The number of nitrogens with zero attached hydrogens (tertiary/aromatic N) is 8. The fraction of sp³-hybridized carbons (Fsp3) is 0.804. The van der Waals surface area contributed by atoms with Gasteiger partial charge in [-0.2, -0.15) is 0 Å². The molecule has 3 aliphatic heterocycles. The second-order valence-electron chi connectivity index (χ2n) is 21.9. The third-order valence-electron chi connectivity index (χ3n) is 15.6. The normalized spacial score (nSPS) is 38.3. The molecule has 6 N–H and O–H groups in total. The topological polar surface area (TPSA) is 271 Å². The summed E-state index contributed by atoms with van der Waals surface area (Å²) in [4.78, 5) is 18.5. The van der Waals surface area contributed by atoms with Crippen LogP contribution >= 0.6 is 11.5 Å². The van der Waals surface area contributed by atoms with Gasteiger partial charge in [-0.05, 0) is 117 Å². The maximum atomic E-state index is 14.5. The molecule has 5 heterocycles. The molecule has 23 heteroatoms. The third kappa shape index (κ3) is 14.7. The maximum Gasteiger partial charge on any atom is 0.311 e. The Morgan fingerprint density at radius 1 is 0.973 bits per heavy atom. The summed E-state index contributed by atoms with van der Waals surface area (Å²) < 4.78 is 49.8. The molecule has 0 radical (unpaired) electrons. The number of aliphatic hydroxyl groups is 5. The molecule has 3 fully saturated rings. The zero-order valence-corrected chi connectivity index (χ0v) is 46.4. The Hall–Kier alpha value is -3.56. The van der Waals surface area contributed by atoms with Crippen LogP contribution in [0.1, 0.15) is 107 Å². The molecule has 0 saturated carbocycles. The molecule has 0 aliphatic carbocycles. The number of aromatic nitrogens is 6. The molecule has 418 valence electrons. The van der Waals surface area contributed by atoms with Crippen molar-refractivity contribution < 1.29 is 63.5 Å². The number of benzene rings is 1. The van der Waals surface area contributed by atoms with Crippen LogP contribution in [-0.2, 0) is 46.2 Å². The largest absolute Gasteiger partial charge is 0.494 e. The summed E-state index contributed by atoms with van der Waals surface area (Å²) >= 11 is 1.17. The molecule has 2 aromatic heterocycles. The lowest BCUT2D eigenvalue weighted by atomic mass is 9.77. The van der Waals surface area contributed by atoms with Gasteiger partial charge in [-0.25, -0.2) is 0 Å². The molecule has 3 saturated heterocycles. The van der Waals surface area contributed by atoms with E-state index in [0.717, 1.165) is 17.1 Å². The lowest BCUT2D eigenvalue weighted by Crippen LogP contribution is -2.61. The van der Waals surface area contributed by atoms with Crippen LogP contribution in [0, 0.1) is 17.8 Å². The van der Waals surface area contributed by atoms with E-state index < -0.39 is 102 Å². The van der Waals surface area contributed by atoms with E-state index in [4.69, 9.17) is 33.2 Å². The van der Waals surface area contributed by atoms with Crippen molar-refractivity contribution in [2.75, 3.05) is 46.2 Å². The number of hydrogen-bond donors (Lipinski definition) is 6. The molecule has 0 unspecified atom stereocenters. The average Bonchev–Trinajstić information content (AvgIpc) is 4.06. The van der Waals surface area contributed by atoms with Crippen molar-refractivity contribution in [2.45, 2.75) is 205 Å². The van der Waals surface area contributed by atoms with Crippen LogP contribution in [0.15, 0.2) is 30.5 Å². The first-order valence-electron chi connectivity index (χ1n) is 26.2. The minimum absolute atomic E-state index is 0.101. The minimum Gasteiger partial charge on any atom is -0.494 e. The molecule has 0 amide bonds. The van der Waals surface area contributed by atoms with Crippen molar-refractivity contribution in [3.8, 4) is 5.75 Å². The number of hydrogen-bond acceptors (Lipinski definition) is 22. The predicted molar refractivity (Wildman–Crippen MR) is 274 cm³/mol. The first-order chi connectivity index (χ1) is 34.9. The van der Waals surface area contributed by atoms with Gasteiger partial charge in [0.05, 0.1) is 53.8 Å². The lowest BCUT2D eigenvalue weighted by Gasteiger charge is -2.49. The molecule has 0 bridgehead atoms. The number of aliphatic hydroxyl groups excluding tert-OH is 3. The van der Waals surface area contributed by atoms with Gasteiger partial charge < -0.3 is 73.8 Å². The van der Waals surface area contributed by atoms with Crippen molar-refractivity contribution >= 4 is 28.3 Å². The SMILES string of the molecule is CC[C@H]1OC(=O)[C@H](C)[C@@H](O[C@H]2C[C@@](C)(OC)[C@@H](O)[C@H](C)O2)[C@H](C)[C@@H](O[C@@H]2O[C@H](C)C[C@H](N(C)CCc3cn(CCCOc4ccc(Nc5nnns5)cc4)nn3)[C@H]2O)[C@](C)(O)C[C@@H](C)CN(C)[C@H](C)[C@@H](O)[C@]1(C)O. The first kappa shape index (κ1) is 59.7. The van der Waals surface area contributed by atoms with Gasteiger partial charge in [0.1, 0.15) is 35.8 Å². The quantitative estimate of drug-likeness (QED) is 0.0833. The summed E-state index contributed by atoms with van der Waals surface area (Å²) in [5.74, 6) is -2.04. The zero-order chi connectivity index (χ0) is 54.3. The van der Waals surface area contributed by atoms with Gasteiger partial charge in [-0.15, -0.1) is 5.10 Å². The van der Waals surface area contributed by atoms with Gasteiger partial charge in [0, 0.05) is 87.4 Å². The van der Waals surface area contributed by atoms with Crippen LogP contribution in [0.2, 0.25) is 0 Å². The Kier molecular flexibility index (Phi) is 20.7. The molecule has 22 nitrogen and oxygen atoms in total. The molecular formula is C51H85N9O13S. The van der Waals surface area contributed by atoms with E-state index in [1.165, 1.54) is 25.6 Å². The summed E-state index contributed by atoms with van der Waals surface area (Å²) in [6.07, 6.45) is -5.85. The fourth-order valence-corrected chi connectivity index (χ4v) is 11.4. The summed E-state index contributed by atoms with van der Waals surface area (Å²) in [6, 6.07) is 6.57. The standard InChI is InChI=1S/C51H85N9O13S/c1-14-39-51(10,66)43(62)33(6)59(12)27-29(2)25-49(8,65)45(31(4)42(32(5)46(64)71-39)72-40-26-50(9,67-13)44(63)34(7)70-40)73-47-41(61)38(24-30(3)69-47)58(11)22-20-36-28-60(56-53-36)21-15-23-68-37-18-16-35(17-19-37)52-48-54-55-57-74-48/h16-19,28-34,38-45,47,61-63,65-66H,14-15,20-27H2,1-13H3,(H,52,54,57)/t29-,30-,31+,32-,33-,34+,38+,39-,40+,41-,42+,43-,44+,45-,47+,49-,50-,51-/m1/s1. The monoisotopic (exact) mass is 1060 g/mol. The molecule has 74 heavy (non-hydrogen) atoms. The molecule has 3 aromatic rings. The number of esters is 1. The smallest absolute Gasteiger partial charge is 0.311 e. The van der Waals surface area contributed by atoms with Crippen LogP contribution in [0.25, 0.3) is 0 Å². The summed E-state index contributed by atoms with van der Waals surface area (Å²) in [7, 11) is 5.28. The van der Waals surface area contributed by atoms with Crippen LogP contribution in [0.4, 0.5) is 10.8 Å². The van der Waals surface area contributed by atoms with E-state index in [0.29, 0.717) is 50.6 Å². The summed E-state index contributed by atoms with van der Waals surface area (Å²) in [6.45, 7) is 19.6. The fourth-order valence-electron chi connectivity index (χ4n) is 11.0. The summed E-state index contributed by atoms with van der Waals surface area (Å²) in [5, 5.41) is 79.7. The van der Waals surface area contributed by atoms with Crippen molar-refractivity contribution in [2.24, 2.45) is 17.8 Å². The first-order valence-corrected chi connectivity index (χ1v) is 26.9. The average molecular weight is 1060 g/mol. The van der Waals surface area contributed by atoms with Crippen LogP contribution in [0.5, 0.6) is 5.75 Å². The maximum absolute atomic E-state index is 14.5. The van der Waals surface area contributed by atoms with Gasteiger partial charge in [-0.1, -0.05) is 35.6 Å². The van der Waals surface area contributed by atoms with Gasteiger partial charge >= 0.3 is 5.97 Å². The number of likely N-dealkylation sites (N-methyl/N-ethyl adjacent to an activating group) is 2. The van der Waals surface area contributed by atoms with Crippen molar-refractivity contribution in [3.63, 3.8) is 0 Å². The molecule has 0 spiro atoms. The van der Waals surface area contributed by atoms with Crippen LogP contribution in [0.3, 0.4) is 0 Å². The van der Waals surface area contributed by atoms with E-state index in [1.807, 2.05) is 70.2 Å². The Morgan fingerprint density at radius 3 is 2.35 bits per heavy atom. The number of anilines is 2. The number of nitrogens with one attached hydrogen (secondary N) is 1. The number of aryl methyl sites for hydroxylation is 1. The molecule has 1 aromatic carbocycles. The second kappa shape index (κ2) is 25.7. The minimum atomic E-state index is -1.84. The Morgan fingerprint density at radius 2 is 1.69 bits per heavy atom. The molecule has 18 atom stereocenters. The number of cyclic esters (lactones) is 1. The van der Waals surface area contributed by atoms with Crippen LogP contribution in [-0.4, -0.2) is 202 Å². The number of rotatable bonds is 17. The number of ether oxygens (including phenoxy) is 7. The van der Waals surface area contributed by atoms with Gasteiger partial charge in [0.25, 0.3) is 0 Å². The Bertz CT molecular complexity index is 2180. The van der Waals surface area contributed by atoms with E-state index in [1.54, 1.807) is 46.2 Å². The number of carbonyl (C=O) groups excluding carboxylic acids is 1. The molecular weight excluding hydrogens is 979 g/mol. The highest BCUT2D eigenvalue weighted by atomic mass is 32.1. The molecule has 3 aliphatic rings. The Labute approximate surface area is 440 Å². The van der Waals surface area contributed by atoms with Crippen molar-refractivity contribution in [1.29, 1.82) is 0 Å². The number of methoxy groups -OCH3 is 1. The summed E-state index contributed by atoms with van der Waals surface area (Å²) in [5.41, 5.74) is -2.88. The number of carbonyl (C=O) groups is 1. The van der Waals surface area contributed by atoms with E-state index >= 15 is 0 Å².